The van der Waals surface area contributed by atoms with Crippen molar-refractivity contribution in [2.75, 3.05) is 0 Å². The Bertz CT molecular complexity index is 615. The van der Waals surface area contributed by atoms with Crippen LogP contribution >= 0.6 is 0 Å². The molecular formula is C15H18N2O2. The Morgan fingerprint density at radius 1 is 1.32 bits per heavy atom. The molecule has 0 aliphatic rings. The van der Waals surface area contributed by atoms with Crippen molar-refractivity contribution in [1.29, 1.82) is 0 Å². The normalized spacial score (nSPS) is 10.5. The van der Waals surface area contributed by atoms with Crippen LogP contribution in [0.25, 0.3) is 0 Å². The van der Waals surface area contributed by atoms with E-state index in [-0.39, 0.29) is 5.78 Å². The number of ketones is 1. The molecule has 0 saturated carbocycles. The Balaban J connectivity index is 2.12. The zero-order valence-electron chi connectivity index (χ0n) is 11.7. The molecule has 0 radical (unpaired) electrons. The van der Waals surface area contributed by atoms with Crippen molar-refractivity contribution < 1.29 is 9.53 Å². The van der Waals surface area contributed by atoms with Crippen LogP contribution in [-0.2, 0) is 13.7 Å². The monoisotopic (exact) mass is 258 g/mol. The highest BCUT2D eigenvalue weighted by Gasteiger charge is 2.07. The molecule has 0 atom stereocenters. The smallest absolute Gasteiger partial charge is 0.159 e. The minimum absolute atomic E-state index is 0.0666. The van der Waals surface area contributed by atoms with E-state index in [2.05, 4.69) is 5.10 Å². The van der Waals surface area contributed by atoms with Gasteiger partial charge in [0.25, 0.3) is 0 Å². The second-order valence-corrected chi connectivity index (χ2v) is 4.73. The molecule has 0 spiro atoms. The standard InChI is InChI=1S/C15H18N2O2/c1-10-7-13(12(3)18)5-6-15(10)19-9-14-8-11(2)16-17(14)4/h5-8H,9H2,1-4H3. The molecule has 2 aromatic rings. The van der Waals surface area contributed by atoms with Crippen LogP contribution in [0.2, 0.25) is 0 Å². The van der Waals surface area contributed by atoms with E-state index in [1.165, 1.54) is 0 Å². The van der Waals surface area contributed by atoms with Crippen molar-refractivity contribution in [3.63, 3.8) is 0 Å². The molecule has 1 aromatic carbocycles. The van der Waals surface area contributed by atoms with Crippen molar-refractivity contribution in [3.05, 3.63) is 46.8 Å². The summed E-state index contributed by atoms with van der Waals surface area (Å²) in [6, 6.07) is 7.49. The molecule has 0 N–H and O–H groups in total. The number of Topliss-reactive ketones (excluding diaryl/α,β-unsaturated/α-hetero) is 1. The minimum Gasteiger partial charge on any atom is -0.487 e. The first kappa shape index (κ1) is 13.3. The molecule has 0 saturated heterocycles. The fourth-order valence-electron chi connectivity index (χ4n) is 1.98. The van der Waals surface area contributed by atoms with Gasteiger partial charge in [0.05, 0.1) is 11.4 Å². The predicted octanol–water partition coefficient (Wildman–Crippen LogP) is 2.82. The van der Waals surface area contributed by atoms with Crippen LogP contribution in [0.1, 0.15) is 34.2 Å². The Hall–Kier alpha value is -2.10. The van der Waals surface area contributed by atoms with Gasteiger partial charge < -0.3 is 4.74 Å². The van der Waals surface area contributed by atoms with Crippen molar-refractivity contribution >= 4 is 5.78 Å². The molecule has 1 heterocycles. The Morgan fingerprint density at radius 3 is 2.58 bits per heavy atom. The van der Waals surface area contributed by atoms with Crippen LogP contribution < -0.4 is 4.74 Å². The lowest BCUT2D eigenvalue weighted by Gasteiger charge is -2.10. The van der Waals surface area contributed by atoms with Crippen LogP contribution in [0.4, 0.5) is 0 Å². The van der Waals surface area contributed by atoms with Gasteiger partial charge >= 0.3 is 0 Å². The average molecular weight is 258 g/mol. The number of ether oxygens (including phenoxy) is 1. The maximum atomic E-state index is 11.3. The van der Waals surface area contributed by atoms with Gasteiger partial charge in [-0.15, -0.1) is 0 Å². The number of rotatable bonds is 4. The van der Waals surface area contributed by atoms with E-state index in [0.717, 1.165) is 22.7 Å². The maximum Gasteiger partial charge on any atom is 0.159 e. The summed E-state index contributed by atoms with van der Waals surface area (Å²) in [7, 11) is 1.90. The van der Waals surface area contributed by atoms with E-state index < -0.39 is 0 Å². The molecule has 100 valence electrons. The van der Waals surface area contributed by atoms with Gasteiger partial charge in [-0.1, -0.05) is 0 Å². The van der Waals surface area contributed by atoms with Gasteiger partial charge in [-0.25, -0.2) is 0 Å². The summed E-state index contributed by atoms with van der Waals surface area (Å²) < 4.78 is 7.59. The first-order valence-corrected chi connectivity index (χ1v) is 6.21. The van der Waals surface area contributed by atoms with E-state index in [1.807, 2.05) is 43.8 Å². The van der Waals surface area contributed by atoms with Gasteiger partial charge in [0.2, 0.25) is 0 Å². The highest BCUT2D eigenvalue weighted by atomic mass is 16.5. The SMILES string of the molecule is CC(=O)c1ccc(OCc2cc(C)nn2C)c(C)c1. The number of aromatic nitrogens is 2. The number of nitrogens with zero attached hydrogens (tertiary/aromatic N) is 2. The molecule has 1 aromatic heterocycles. The van der Waals surface area contributed by atoms with Gasteiger partial charge in [-0.05, 0) is 50.6 Å². The largest absolute Gasteiger partial charge is 0.487 e. The van der Waals surface area contributed by atoms with Crippen LogP contribution in [0.15, 0.2) is 24.3 Å². The number of carbonyl (C=O) groups is 1. The summed E-state index contributed by atoms with van der Waals surface area (Å²) in [6.07, 6.45) is 0. The molecule has 0 fully saturated rings. The highest BCUT2D eigenvalue weighted by Crippen LogP contribution is 2.20. The van der Waals surface area contributed by atoms with Gasteiger partial charge in [0.15, 0.2) is 5.78 Å². The number of aryl methyl sites for hydroxylation is 3. The van der Waals surface area contributed by atoms with Gasteiger partial charge in [0, 0.05) is 12.6 Å². The molecule has 0 unspecified atom stereocenters. The Labute approximate surface area is 113 Å². The minimum atomic E-state index is 0.0666. The van der Waals surface area contributed by atoms with Crippen molar-refractivity contribution in [1.82, 2.24) is 9.78 Å². The molecule has 0 aliphatic heterocycles. The number of hydrogen-bond acceptors (Lipinski definition) is 3. The highest BCUT2D eigenvalue weighted by molar-refractivity contribution is 5.94. The Kier molecular flexibility index (Phi) is 3.69. The van der Waals surface area contributed by atoms with Gasteiger partial charge in [-0.3, -0.25) is 9.48 Å². The van der Waals surface area contributed by atoms with Crippen LogP contribution in [0.3, 0.4) is 0 Å². The quantitative estimate of drug-likeness (QED) is 0.792. The van der Waals surface area contributed by atoms with Gasteiger partial charge in [0.1, 0.15) is 12.4 Å². The third-order valence-electron chi connectivity index (χ3n) is 3.06. The third kappa shape index (κ3) is 3.02. The average Bonchev–Trinajstić information content (AvgIpc) is 2.66. The summed E-state index contributed by atoms with van der Waals surface area (Å²) in [6.45, 7) is 5.93. The molecule has 19 heavy (non-hydrogen) atoms. The Morgan fingerprint density at radius 2 is 2.05 bits per heavy atom. The second-order valence-electron chi connectivity index (χ2n) is 4.73. The summed E-state index contributed by atoms with van der Waals surface area (Å²) >= 11 is 0. The van der Waals surface area contributed by atoms with Crippen LogP contribution in [-0.4, -0.2) is 15.6 Å². The fourth-order valence-corrected chi connectivity index (χ4v) is 1.98. The molecule has 0 bridgehead atoms. The van der Waals surface area contributed by atoms with Crippen molar-refractivity contribution in [2.24, 2.45) is 7.05 Å². The lowest BCUT2D eigenvalue weighted by atomic mass is 10.1. The number of hydrogen-bond donors (Lipinski definition) is 0. The molecule has 2 rings (SSSR count). The van der Waals surface area contributed by atoms with E-state index in [4.69, 9.17) is 4.74 Å². The summed E-state index contributed by atoms with van der Waals surface area (Å²) in [4.78, 5) is 11.3. The lowest BCUT2D eigenvalue weighted by Crippen LogP contribution is -2.04. The molecule has 4 nitrogen and oxygen atoms in total. The third-order valence-corrected chi connectivity index (χ3v) is 3.06. The zero-order chi connectivity index (χ0) is 14.0. The van der Waals surface area contributed by atoms with E-state index in [0.29, 0.717) is 12.2 Å². The van der Waals surface area contributed by atoms with E-state index >= 15 is 0 Å². The maximum absolute atomic E-state index is 11.3. The molecule has 0 aliphatic carbocycles. The topological polar surface area (TPSA) is 44.1 Å². The van der Waals surface area contributed by atoms with Crippen molar-refractivity contribution in [2.45, 2.75) is 27.4 Å². The molecule has 0 amide bonds. The molecule has 4 heteroatoms. The number of benzene rings is 1. The van der Waals surface area contributed by atoms with Gasteiger partial charge in [-0.2, -0.15) is 5.10 Å². The molecular weight excluding hydrogens is 240 g/mol. The van der Waals surface area contributed by atoms with Crippen LogP contribution in [0.5, 0.6) is 5.75 Å². The first-order chi connectivity index (χ1) is 8.97. The lowest BCUT2D eigenvalue weighted by molar-refractivity contribution is 0.101. The first-order valence-electron chi connectivity index (χ1n) is 6.21. The van der Waals surface area contributed by atoms with Crippen LogP contribution in [0, 0.1) is 13.8 Å². The second kappa shape index (κ2) is 5.26. The van der Waals surface area contributed by atoms with Crippen molar-refractivity contribution in [3.8, 4) is 5.75 Å². The summed E-state index contributed by atoms with van der Waals surface area (Å²) in [5.74, 6) is 0.862. The summed E-state index contributed by atoms with van der Waals surface area (Å²) in [5.41, 5.74) is 3.67. The predicted molar refractivity (Wildman–Crippen MR) is 73.5 cm³/mol. The van der Waals surface area contributed by atoms with E-state index in [1.54, 1.807) is 13.0 Å². The number of carbonyl (C=O) groups excluding carboxylic acids is 1. The zero-order valence-corrected chi connectivity index (χ0v) is 11.7. The van der Waals surface area contributed by atoms with E-state index in [9.17, 15) is 4.79 Å². The summed E-state index contributed by atoms with van der Waals surface area (Å²) in [5, 5.41) is 4.28. The fraction of sp³-hybridized carbons (Fsp3) is 0.333.